The summed E-state index contributed by atoms with van der Waals surface area (Å²) in [6, 6.07) is 7.38. The van der Waals surface area contributed by atoms with E-state index >= 15 is 0 Å². The van der Waals surface area contributed by atoms with E-state index in [-0.39, 0.29) is 0 Å². The fourth-order valence-electron chi connectivity index (χ4n) is 3.60. The Hall–Kier alpha value is -2.51. The quantitative estimate of drug-likeness (QED) is 0.655. The zero-order valence-electron chi connectivity index (χ0n) is 15.2. The highest BCUT2D eigenvalue weighted by atomic mass is 35.5. The van der Waals surface area contributed by atoms with E-state index in [1.807, 2.05) is 25.1 Å². The number of halogens is 2. The van der Waals surface area contributed by atoms with Gasteiger partial charge in [0.25, 0.3) is 0 Å². The van der Waals surface area contributed by atoms with Crippen LogP contribution in [0.5, 0.6) is 0 Å². The number of rotatable bonds is 3. The lowest BCUT2D eigenvalue weighted by Crippen LogP contribution is -2.46. The molecule has 2 aromatic heterocycles. The number of nitrogens with two attached hydrogens (primary N) is 1. The highest BCUT2D eigenvalue weighted by Gasteiger charge is 2.34. The molecule has 0 bridgehead atoms. The van der Waals surface area contributed by atoms with E-state index < -0.39 is 11.7 Å². The molecule has 4 rings (SSSR count). The number of aromatic nitrogens is 3. The average molecular weight is 420 g/mol. The SMILES string of the molecule is CC1(OC(N)=O)CCN(c2nccc3c(-c4cccc(Cl)c4Cl)n[nH]c23)CC1. The van der Waals surface area contributed by atoms with Crippen LogP contribution in [0, 0.1) is 0 Å². The Labute approximate surface area is 171 Å². The molecule has 1 aromatic carbocycles. The van der Waals surface area contributed by atoms with Gasteiger partial charge in [0.1, 0.15) is 16.8 Å². The summed E-state index contributed by atoms with van der Waals surface area (Å²) in [5.74, 6) is 0.801. The van der Waals surface area contributed by atoms with Crippen molar-refractivity contribution in [3.05, 3.63) is 40.5 Å². The molecule has 1 fully saturated rings. The number of piperidine rings is 1. The zero-order chi connectivity index (χ0) is 19.9. The Morgan fingerprint density at radius 2 is 2.04 bits per heavy atom. The van der Waals surface area contributed by atoms with Gasteiger partial charge in [0.2, 0.25) is 0 Å². The number of H-pyrrole nitrogens is 1. The van der Waals surface area contributed by atoms with E-state index in [2.05, 4.69) is 20.1 Å². The van der Waals surface area contributed by atoms with Crippen LogP contribution < -0.4 is 10.6 Å². The largest absolute Gasteiger partial charge is 0.443 e. The highest BCUT2D eigenvalue weighted by molar-refractivity contribution is 6.43. The van der Waals surface area contributed by atoms with Crippen molar-refractivity contribution >= 4 is 46.0 Å². The summed E-state index contributed by atoms with van der Waals surface area (Å²) >= 11 is 12.5. The van der Waals surface area contributed by atoms with Gasteiger partial charge in [-0.3, -0.25) is 5.10 Å². The number of amides is 1. The standard InChI is InChI=1S/C19H19Cl2N5O2/c1-19(28-18(22)27)6-9-26(10-7-19)17-16-12(5-8-23-17)15(24-25-16)11-3-2-4-13(20)14(11)21/h2-5,8H,6-7,9-10H2,1H3,(H2,22,27)(H,24,25). The number of anilines is 1. The van der Waals surface area contributed by atoms with Gasteiger partial charge >= 0.3 is 6.09 Å². The Kier molecular flexibility index (Phi) is 4.81. The number of carbonyl (C=O) groups excluding carboxylic acids is 1. The van der Waals surface area contributed by atoms with Crippen molar-refractivity contribution in [2.45, 2.75) is 25.4 Å². The number of nitrogens with zero attached hydrogens (tertiary/aromatic N) is 3. The fraction of sp³-hybridized carbons (Fsp3) is 0.316. The van der Waals surface area contributed by atoms with Crippen LogP contribution in [-0.2, 0) is 4.74 Å². The molecule has 1 aliphatic rings. The van der Waals surface area contributed by atoms with Gasteiger partial charge in [-0.2, -0.15) is 5.10 Å². The van der Waals surface area contributed by atoms with E-state index in [1.165, 1.54) is 0 Å². The van der Waals surface area contributed by atoms with Crippen molar-refractivity contribution in [1.82, 2.24) is 15.2 Å². The lowest BCUT2D eigenvalue weighted by molar-refractivity contribution is 0.0127. The van der Waals surface area contributed by atoms with Crippen molar-refractivity contribution in [2.75, 3.05) is 18.0 Å². The van der Waals surface area contributed by atoms with Crippen LogP contribution in [0.4, 0.5) is 10.6 Å². The predicted molar refractivity (Wildman–Crippen MR) is 110 cm³/mol. The van der Waals surface area contributed by atoms with Crippen LogP contribution in [-0.4, -0.2) is 40.0 Å². The van der Waals surface area contributed by atoms with Crippen molar-refractivity contribution in [3.63, 3.8) is 0 Å². The summed E-state index contributed by atoms with van der Waals surface area (Å²) < 4.78 is 5.28. The monoisotopic (exact) mass is 419 g/mol. The number of fused-ring (bicyclic) bond motifs is 1. The van der Waals surface area contributed by atoms with E-state index in [0.29, 0.717) is 36.0 Å². The van der Waals surface area contributed by atoms with Gasteiger partial charge in [0.15, 0.2) is 5.82 Å². The van der Waals surface area contributed by atoms with Crippen LogP contribution >= 0.6 is 23.2 Å². The summed E-state index contributed by atoms with van der Waals surface area (Å²) in [6.45, 7) is 3.27. The maximum Gasteiger partial charge on any atom is 0.405 e. The van der Waals surface area contributed by atoms with Gasteiger partial charge in [0, 0.05) is 43.1 Å². The molecule has 7 nitrogen and oxygen atoms in total. The highest BCUT2D eigenvalue weighted by Crippen LogP contribution is 2.38. The van der Waals surface area contributed by atoms with Gasteiger partial charge in [-0.1, -0.05) is 35.3 Å². The summed E-state index contributed by atoms with van der Waals surface area (Å²) in [5, 5.41) is 9.42. The Morgan fingerprint density at radius 1 is 1.29 bits per heavy atom. The first-order valence-corrected chi connectivity index (χ1v) is 9.64. The minimum absolute atomic E-state index is 0.466. The summed E-state index contributed by atoms with van der Waals surface area (Å²) in [6.07, 6.45) is 2.33. The summed E-state index contributed by atoms with van der Waals surface area (Å²) in [5.41, 5.74) is 6.95. The van der Waals surface area contributed by atoms with Gasteiger partial charge < -0.3 is 15.4 Å². The fourth-order valence-corrected chi connectivity index (χ4v) is 3.99. The molecule has 1 saturated heterocycles. The molecule has 1 amide bonds. The molecule has 3 aromatic rings. The Bertz CT molecular complexity index is 1040. The topological polar surface area (TPSA) is 97.1 Å². The van der Waals surface area contributed by atoms with Gasteiger partial charge in [-0.15, -0.1) is 0 Å². The maximum atomic E-state index is 11.1. The third-order valence-corrected chi connectivity index (χ3v) is 5.96. The van der Waals surface area contributed by atoms with Crippen LogP contribution in [0.3, 0.4) is 0 Å². The predicted octanol–water partition coefficient (Wildman–Crippen LogP) is 4.39. The number of hydrogen-bond acceptors (Lipinski definition) is 5. The third kappa shape index (κ3) is 3.36. The summed E-state index contributed by atoms with van der Waals surface area (Å²) in [7, 11) is 0. The maximum absolute atomic E-state index is 11.1. The van der Waals surface area contributed by atoms with Crippen LogP contribution in [0.15, 0.2) is 30.5 Å². The molecule has 0 radical (unpaired) electrons. The van der Waals surface area contributed by atoms with E-state index in [1.54, 1.807) is 12.3 Å². The lowest BCUT2D eigenvalue weighted by atomic mass is 9.93. The van der Waals surface area contributed by atoms with Crippen LogP contribution in [0.1, 0.15) is 19.8 Å². The van der Waals surface area contributed by atoms with Crippen LogP contribution in [0.25, 0.3) is 22.2 Å². The second kappa shape index (κ2) is 7.14. The normalized spacial score (nSPS) is 16.3. The molecule has 28 heavy (non-hydrogen) atoms. The first kappa shape index (κ1) is 18.8. The molecule has 146 valence electrons. The second-order valence-electron chi connectivity index (χ2n) is 7.09. The number of primary amides is 1. The number of pyridine rings is 1. The first-order chi connectivity index (χ1) is 13.4. The molecule has 9 heteroatoms. The molecular formula is C19H19Cl2N5O2. The third-order valence-electron chi connectivity index (χ3n) is 5.14. The van der Waals surface area contributed by atoms with E-state index in [9.17, 15) is 4.79 Å². The van der Waals surface area contributed by atoms with E-state index in [4.69, 9.17) is 33.7 Å². The van der Waals surface area contributed by atoms with Crippen molar-refractivity contribution < 1.29 is 9.53 Å². The number of ether oxygens (including phenoxy) is 1. The minimum atomic E-state index is -0.743. The summed E-state index contributed by atoms with van der Waals surface area (Å²) in [4.78, 5) is 17.8. The molecule has 0 saturated carbocycles. The average Bonchev–Trinajstić information content (AvgIpc) is 3.08. The molecular weight excluding hydrogens is 401 g/mol. The van der Waals surface area contributed by atoms with Crippen molar-refractivity contribution in [3.8, 4) is 11.3 Å². The molecule has 3 heterocycles. The Morgan fingerprint density at radius 3 is 2.75 bits per heavy atom. The molecule has 0 aliphatic carbocycles. The second-order valence-corrected chi connectivity index (χ2v) is 7.87. The number of hydrogen-bond donors (Lipinski definition) is 2. The van der Waals surface area contributed by atoms with Gasteiger partial charge in [-0.05, 0) is 19.1 Å². The Balaban J connectivity index is 1.67. The lowest BCUT2D eigenvalue weighted by Gasteiger charge is -2.38. The van der Waals surface area contributed by atoms with Crippen molar-refractivity contribution in [1.29, 1.82) is 0 Å². The smallest absolute Gasteiger partial charge is 0.405 e. The molecule has 3 N–H and O–H groups in total. The zero-order valence-corrected chi connectivity index (χ0v) is 16.7. The molecule has 0 atom stereocenters. The minimum Gasteiger partial charge on any atom is -0.443 e. The van der Waals surface area contributed by atoms with E-state index in [0.717, 1.165) is 28.0 Å². The van der Waals surface area contributed by atoms with Gasteiger partial charge in [0.05, 0.1) is 10.0 Å². The first-order valence-electron chi connectivity index (χ1n) is 8.89. The van der Waals surface area contributed by atoms with Crippen molar-refractivity contribution in [2.24, 2.45) is 5.73 Å². The van der Waals surface area contributed by atoms with Gasteiger partial charge in [-0.25, -0.2) is 9.78 Å². The molecule has 0 spiro atoms. The van der Waals surface area contributed by atoms with Crippen LogP contribution in [0.2, 0.25) is 10.0 Å². The number of carbonyl (C=O) groups is 1. The molecule has 0 unspecified atom stereocenters. The number of aromatic amines is 1. The number of nitrogens with one attached hydrogen (secondary N) is 1. The molecule has 1 aliphatic heterocycles. The number of benzene rings is 1.